The molecule has 1 atom stereocenters. The van der Waals surface area contributed by atoms with E-state index in [1.54, 1.807) is 4.57 Å². The van der Waals surface area contributed by atoms with Crippen molar-refractivity contribution in [2.75, 3.05) is 5.32 Å². The molecule has 214 valence electrons. The van der Waals surface area contributed by atoms with Gasteiger partial charge in [0, 0.05) is 47.5 Å². The Morgan fingerprint density at radius 1 is 1.20 bits per heavy atom. The molecule has 1 unspecified atom stereocenters. The lowest BCUT2D eigenvalue weighted by Gasteiger charge is -2.17. The number of aromatic carboxylic acids is 1. The molecule has 0 spiro atoms. The summed E-state index contributed by atoms with van der Waals surface area (Å²) < 4.78 is 17.9. The van der Waals surface area contributed by atoms with Gasteiger partial charge in [0.25, 0.3) is 5.56 Å². The van der Waals surface area contributed by atoms with Gasteiger partial charge in [-0.15, -0.1) is 0 Å². The van der Waals surface area contributed by atoms with Crippen molar-refractivity contribution < 1.29 is 14.3 Å². The van der Waals surface area contributed by atoms with Crippen molar-refractivity contribution in [3.8, 4) is 0 Å². The highest BCUT2D eigenvalue weighted by atomic mass is 19.1. The number of carboxylic acid groups (broad SMARTS) is 1. The summed E-state index contributed by atoms with van der Waals surface area (Å²) >= 11 is 0. The third-order valence-electron chi connectivity index (χ3n) is 7.65. The highest BCUT2D eigenvalue weighted by molar-refractivity contribution is 5.93. The molecule has 5 rings (SSSR count). The summed E-state index contributed by atoms with van der Waals surface area (Å²) in [6.07, 6.45) is 4.42. The molecule has 4 aromatic rings. The van der Waals surface area contributed by atoms with E-state index >= 15 is 4.39 Å². The van der Waals surface area contributed by atoms with Crippen molar-refractivity contribution in [1.82, 2.24) is 14.1 Å². The maximum Gasteiger partial charge on any atom is 0.341 e. The van der Waals surface area contributed by atoms with Crippen molar-refractivity contribution in [3.63, 3.8) is 0 Å². The van der Waals surface area contributed by atoms with Crippen LogP contribution in [0.3, 0.4) is 0 Å². The molecule has 1 saturated carbocycles. The second kappa shape index (κ2) is 11.2. The van der Waals surface area contributed by atoms with Gasteiger partial charge in [-0.1, -0.05) is 13.0 Å². The first-order chi connectivity index (χ1) is 19.6. The Balaban J connectivity index is 1.32. The quantitative estimate of drug-likeness (QED) is 0.227. The zero-order chi connectivity index (χ0) is 29.4. The van der Waals surface area contributed by atoms with Crippen LogP contribution in [0.25, 0.3) is 10.9 Å². The van der Waals surface area contributed by atoms with Gasteiger partial charge in [0.15, 0.2) is 0 Å². The highest BCUT2D eigenvalue weighted by Crippen LogP contribution is 2.37. The van der Waals surface area contributed by atoms with E-state index in [0.717, 1.165) is 46.7 Å². The fraction of sp³-hybridized carbons (Fsp3) is 0.333. The van der Waals surface area contributed by atoms with Crippen molar-refractivity contribution in [1.29, 1.82) is 0 Å². The molecule has 1 aliphatic rings. The van der Waals surface area contributed by atoms with Gasteiger partial charge in [-0.05, 0) is 74.4 Å². The minimum absolute atomic E-state index is 0.00593. The number of H-pyrrole nitrogens is 1. The summed E-state index contributed by atoms with van der Waals surface area (Å²) in [5, 5.41) is 12.5. The molecule has 10 nitrogen and oxygen atoms in total. The molecule has 5 N–H and O–H groups in total. The third kappa shape index (κ3) is 5.71. The fourth-order valence-corrected chi connectivity index (χ4v) is 5.19. The van der Waals surface area contributed by atoms with Gasteiger partial charge in [-0.25, -0.2) is 14.0 Å². The molecule has 41 heavy (non-hydrogen) atoms. The monoisotopic (exact) mass is 561 g/mol. The van der Waals surface area contributed by atoms with E-state index in [4.69, 9.17) is 5.73 Å². The van der Waals surface area contributed by atoms with Crippen molar-refractivity contribution >= 4 is 28.4 Å². The number of rotatable bonds is 10. The molecular formula is C30H32FN5O5. The number of carbonyl (C=O) groups is 1. The van der Waals surface area contributed by atoms with Crippen molar-refractivity contribution in [3.05, 3.63) is 102 Å². The molecule has 2 aromatic carbocycles. The van der Waals surface area contributed by atoms with Crippen LogP contribution in [-0.4, -0.2) is 25.2 Å². The Morgan fingerprint density at radius 3 is 2.61 bits per heavy atom. The first kappa shape index (κ1) is 28.0. The minimum atomic E-state index is -1.36. The van der Waals surface area contributed by atoms with Gasteiger partial charge < -0.3 is 20.7 Å². The number of carboxylic acids is 1. The Hall–Kier alpha value is -4.51. The van der Waals surface area contributed by atoms with Gasteiger partial charge in [-0.2, -0.15) is 0 Å². The van der Waals surface area contributed by atoms with Crippen molar-refractivity contribution in [2.24, 2.45) is 5.73 Å². The van der Waals surface area contributed by atoms with Gasteiger partial charge in [0.1, 0.15) is 17.2 Å². The average Bonchev–Trinajstić information content (AvgIpc) is 3.76. The summed E-state index contributed by atoms with van der Waals surface area (Å²) in [6, 6.07) is 8.97. The van der Waals surface area contributed by atoms with Crippen LogP contribution in [0.1, 0.15) is 71.7 Å². The number of aromatic amines is 1. The maximum atomic E-state index is 15.1. The second-order valence-corrected chi connectivity index (χ2v) is 10.6. The predicted molar refractivity (Wildman–Crippen MR) is 155 cm³/mol. The molecule has 0 amide bonds. The van der Waals surface area contributed by atoms with Crippen LogP contribution in [-0.2, 0) is 13.0 Å². The number of pyridine rings is 1. The van der Waals surface area contributed by atoms with Gasteiger partial charge in [0.2, 0.25) is 5.43 Å². The smallest absolute Gasteiger partial charge is 0.341 e. The van der Waals surface area contributed by atoms with Crippen LogP contribution in [0.2, 0.25) is 0 Å². The normalized spacial score (nSPS) is 13.9. The third-order valence-corrected chi connectivity index (χ3v) is 7.65. The van der Waals surface area contributed by atoms with E-state index in [1.807, 2.05) is 25.1 Å². The minimum Gasteiger partial charge on any atom is -0.477 e. The Bertz CT molecular complexity index is 1810. The standard InChI is InChI=1S/C30H32FN5O5/c1-3-17-11-18(7-6-16(17)2)33-26-14-27(37)35(30(41)34-26)10-4-5-24(32)20-13-25-21(12-23(20)31)28(38)22(29(39)40)15-36(25)19-8-9-19/h6-7,11-15,19,24,33H,3-5,8-10,32H2,1-2H3,(H,34,41)(H,39,40). The summed E-state index contributed by atoms with van der Waals surface area (Å²) in [5.74, 6) is -1.79. The number of benzene rings is 2. The topological polar surface area (TPSA) is 152 Å². The van der Waals surface area contributed by atoms with Gasteiger partial charge >= 0.3 is 11.7 Å². The molecule has 1 aliphatic carbocycles. The van der Waals surface area contributed by atoms with Crippen LogP contribution in [0.15, 0.2) is 57.0 Å². The summed E-state index contributed by atoms with van der Waals surface area (Å²) in [5.41, 5.74) is 7.82. The zero-order valence-corrected chi connectivity index (χ0v) is 22.9. The second-order valence-electron chi connectivity index (χ2n) is 10.6. The molecule has 0 saturated heterocycles. The van der Waals surface area contributed by atoms with E-state index in [0.29, 0.717) is 11.9 Å². The highest BCUT2D eigenvalue weighted by Gasteiger charge is 2.28. The molecule has 2 aromatic heterocycles. The summed E-state index contributed by atoms with van der Waals surface area (Å²) in [7, 11) is 0. The first-order valence-electron chi connectivity index (χ1n) is 13.6. The maximum absolute atomic E-state index is 15.1. The Labute approximate surface area is 234 Å². The largest absolute Gasteiger partial charge is 0.477 e. The number of aryl methyl sites for hydroxylation is 2. The number of halogens is 1. The molecule has 0 aliphatic heterocycles. The van der Waals surface area contributed by atoms with Crippen LogP contribution >= 0.6 is 0 Å². The van der Waals surface area contributed by atoms with Gasteiger partial charge in [-0.3, -0.25) is 19.1 Å². The first-order valence-corrected chi connectivity index (χ1v) is 13.6. The molecule has 1 fully saturated rings. The Kier molecular flexibility index (Phi) is 7.63. The number of aromatic nitrogens is 3. The van der Waals surface area contributed by atoms with E-state index in [-0.39, 0.29) is 35.8 Å². The lowest BCUT2D eigenvalue weighted by atomic mass is 9.99. The molecule has 0 radical (unpaired) electrons. The summed E-state index contributed by atoms with van der Waals surface area (Å²) in [4.78, 5) is 52.4. The van der Waals surface area contributed by atoms with E-state index < -0.39 is 40.1 Å². The number of fused-ring (bicyclic) bond motifs is 1. The van der Waals surface area contributed by atoms with Crippen molar-refractivity contribution in [2.45, 2.75) is 64.6 Å². The number of hydrogen-bond donors (Lipinski definition) is 4. The molecule has 11 heteroatoms. The van der Waals surface area contributed by atoms with Gasteiger partial charge in [0.05, 0.1) is 5.52 Å². The van der Waals surface area contributed by atoms with E-state index in [9.17, 15) is 24.3 Å². The van der Waals surface area contributed by atoms with Crippen LogP contribution in [0.5, 0.6) is 0 Å². The average molecular weight is 562 g/mol. The SMILES string of the molecule is CCc1cc(Nc2cc(=O)n(CCCC(N)c3cc4c(cc3F)c(=O)c(C(=O)O)cn4C3CC3)c(=O)[nH]2)ccc1C. The van der Waals surface area contributed by atoms with E-state index in [2.05, 4.69) is 17.2 Å². The van der Waals surface area contributed by atoms with Crippen LogP contribution in [0.4, 0.5) is 15.9 Å². The lowest BCUT2D eigenvalue weighted by molar-refractivity contribution is 0.0695. The number of nitrogens with two attached hydrogens (primary N) is 1. The zero-order valence-electron chi connectivity index (χ0n) is 22.9. The predicted octanol–water partition coefficient (Wildman–Crippen LogP) is 4.12. The number of anilines is 2. The van der Waals surface area contributed by atoms with E-state index in [1.165, 1.54) is 18.3 Å². The molecular weight excluding hydrogens is 529 g/mol. The summed E-state index contributed by atoms with van der Waals surface area (Å²) in [6.45, 7) is 4.16. The van der Waals surface area contributed by atoms with Crippen LogP contribution in [0, 0.1) is 12.7 Å². The van der Waals surface area contributed by atoms with Crippen LogP contribution < -0.4 is 27.7 Å². The molecule has 2 heterocycles. The number of hydrogen-bond acceptors (Lipinski definition) is 6. The number of nitrogens with one attached hydrogen (secondary N) is 2. The number of nitrogens with zero attached hydrogens (tertiary/aromatic N) is 2. The fourth-order valence-electron chi connectivity index (χ4n) is 5.19. The lowest BCUT2D eigenvalue weighted by Crippen LogP contribution is -2.35. The molecule has 0 bridgehead atoms. The Morgan fingerprint density at radius 2 is 1.95 bits per heavy atom.